The van der Waals surface area contributed by atoms with Gasteiger partial charge in [-0.1, -0.05) is 20.8 Å². The Morgan fingerprint density at radius 2 is 1.71 bits per heavy atom. The number of carbonyl (C=O) groups excluding carboxylic acids is 1. The van der Waals surface area contributed by atoms with Gasteiger partial charge in [0, 0.05) is 48.9 Å². The van der Waals surface area contributed by atoms with E-state index in [1.165, 1.54) is 11.0 Å². The number of rotatable bonds is 5. The van der Waals surface area contributed by atoms with E-state index >= 15 is 0 Å². The van der Waals surface area contributed by atoms with Crippen molar-refractivity contribution >= 4 is 17.7 Å². The van der Waals surface area contributed by atoms with E-state index in [-0.39, 0.29) is 23.3 Å². The topological polar surface area (TPSA) is 90.7 Å². The summed E-state index contributed by atoms with van der Waals surface area (Å²) in [5.74, 6) is -0.345. The number of hydrogen-bond donors (Lipinski definition) is 2. The van der Waals surface area contributed by atoms with Crippen LogP contribution in [0.2, 0.25) is 0 Å². The fourth-order valence-corrected chi connectivity index (χ4v) is 5.39. The molecule has 3 heterocycles. The molecule has 0 atom stereocenters. The van der Waals surface area contributed by atoms with Crippen LogP contribution in [0.3, 0.4) is 0 Å². The first-order valence-corrected chi connectivity index (χ1v) is 12.9. The number of alkyl halides is 3. The lowest BCUT2D eigenvalue weighted by Gasteiger charge is -2.42. The molecule has 1 saturated heterocycles. The van der Waals surface area contributed by atoms with Crippen molar-refractivity contribution in [3.8, 4) is 0 Å². The fraction of sp³-hybridized carbons (Fsp3) is 0.593. The summed E-state index contributed by atoms with van der Waals surface area (Å²) in [5, 5.41) is 17.0. The Morgan fingerprint density at radius 1 is 1.05 bits per heavy atom. The van der Waals surface area contributed by atoms with Crippen LogP contribution in [0.4, 0.5) is 23.7 Å². The van der Waals surface area contributed by atoms with Crippen LogP contribution in [0.1, 0.15) is 81.5 Å². The smallest absolute Gasteiger partial charge is 0.416 e. The SMILES string of the molecule is CC(C)(C)c1nn(C(C)(C)C(=O)Nc2ccc(C(F)(F)F)cc2C2CC2)c2c1CN(C1CN(C(=O)O)C1)C2. The van der Waals surface area contributed by atoms with Gasteiger partial charge in [-0.05, 0) is 56.4 Å². The number of hydrogen-bond acceptors (Lipinski definition) is 4. The molecule has 11 heteroatoms. The van der Waals surface area contributed by atoms with Crippen LogP contribution in [0.25, 0.3) is 0 Å². The molecule has 1 saturated carbocycles. The Balaban J connectivity index is 1.43. The minimum atomic E-state index is -4.45. The largest absolute Gasteiger partial charge is 0.465 e. The van der Waals surface area contributed by atoms with Crippen molar-refractivity contribution in [1.29, 1.82) is 0 Å². The quantitative estimate of drug-likeness (QED) is 0.556. The van der Waals surface area contributed by atoms with Gasteiger partial charge < -0.3 is 15.3 Å². The minimum absolute atomic E-state index is 0.0126. The Kier molecular flexibility index (Phi) is 6.09. The zero-order valence-electron chi connectivity index (χ0n) is 22.3. The van der Waals surface area contributed by atoms with Gasteiger partial charge in [0.1, 0.15) is 5.54 Å². The molecule has 0 unspecified atom stereocenters. The van der Waals surface area contributed by atoms with Crippen molar-refractivity contribution in [3.05, 3.63) is 46.3 Å². The average molecular weight is 534 g/mol. The number of fused-ring (bicyclic) bond motifs is 1. The number of likely N-dealkylation sites (tertiary alicyclic amines) is 1. The van der Waals surface area contributed by atoms with Crippen molar-refractivity contribution in [2.75, 3.05) is 18.4 Å². The van der Waals surface area contributed by atoms with Crippen LogP contribution in [-0.4, -0.2) is 55.8 Å². The number of amides is 2. The van der Waals surface area contributed by atoms with Gasteiger partial charge in [-0.25, -0.2) is 4.79 Å². The molecule has 1 aromatic heterocycles. The minimum Gasteiger partial charge on any atom is -0.465 e. The molecular weight excluding hydrogens is 499 g/mol. The molecule has 206 valence electrons. The molecule has 2 aromatic rings. The average Bonchev–Trinajstić information content (AvgIpc) is 3.41. The predicted molar refractivity (Wildman–Crippen MR) is 135 cm³/mol. The highest BCUT2D eigenvalue weighted by Crippen LogP contribution is 2.46. The van der Waals surface area contributed by atoms with E-state index in [4.69, 9.17) is 5.10 Å². The fourth-order valence-electron chi connectivity index (χ4n) is 5.39. The molecule has 2 N–H and O–H groups in total. The molecule has 0 radical (unpaired) electrons. The lowest BCUT2D eigenvalue weighted by atomic mass is 9.89. The van der Waals surface area contributed by atoms with E-state index < -0.39 is 23.4 Å². The van der Waals surface area contributed by atoms with Crippen LogP contribution in [0, 0.1) is 0 Å². The number of nitrogens with one attached hydrogen (secondary N) is 1. The summed E-state index contributed by atoms with van der Waals surface area (Å²) in [7, 11) is 0. The molecule has 0 bridgehead atoms. The van der Waals surface area contributed by atoms with Crippen LogP contribution >= 0.6 is 0 Å². The first-order valence-electron chi connectivity index (χ1n) is 12.9. The Morgan fingerprint density at radius 3 is 2.26 bits per heavy atom. The summed E-state index contributed by atoms with van der Waals surface area (Å²) in [5.41, 5.74) is 1.66. The molecule has 1 aromatic carbocycles. The number of carboxylic acid groups (broad SMARTS) is 1. The monoisotopic (exact) mass is 533 g/mol. The molecule has 2 fully saturated rings. The van der Waals surface area contributed by atoms with Crippen molar-refractivity contribution in [1.82, 2.24) is 19.6 Å². The summed E-state index contributed by atoms with van der Waals surface area (Å²) in [6.07, 6.45) is -3.78. The maximum absolute atomic E-state index is 13.7. The van der Waals surface area contributed by atoms with Gasteiger partial charge in [0.05, 0.1) is 17.0 Å². The number of nitrogens with zero attached hydrogens (tertiary/aromatic N) is 4. The summed E-state index contributed by atoms with van der Waals surface area (Å²) in [4.78, 5) is 28.5. The standard InChI is InChI=1S/C27H34F3N5O3/c1-25(2,3)22-19-13-33(17-11-34(12-17)24(37)38)14-21(19)35(32-22)26(4,5)23(36)31-20-9-8-16(27(28,29)30)10-18(20)15-6-7-15/h8-10,15,17H,6-7,11-14H2,1-5H3,(H,31,36)(H,37,38). The summed E-state index contributed by atoms with van der Waals surface area (Å²) in [6, 6.07) is 3.62. The zero-order chi connectivity index (χ0) is 27.8. The second kappa shape index (κ2) is 8.72. The first-order chi connectivity index (χ1) is 17.6. The van der Waals surface area contributed by atoms with Crippen molar-refractivity contribution < 1.29 is 27.9 Å². The lowest BCUT2D eigenvalue weighted by molar-refractivity contribution is -0.137. The number of halogens is 3. The predicted octanol–water partition coefficient (Wildman–Crippen LogP) is 5.13. The van der Waals surface area contributed by atoms with Crippen LogP contribution in [-0.2, 0) is 35.0 Å². The zero-order valence-corrected chi connectivity index (χ0v) is 22.3. The maximum Gasteiger partial charge on any atom is 0.416 e. The second-order valence-corrected chi connectivity index (χ2v) is 12.3. The molecule has 2 aliphatic heterocycles. The van der Waals surface area contributed by atoms with E-state index in [1.807, 2.05) is 0 Å². The van der Waals surface area contributed by atoms with E-state index in [1.54, 1.807) is 18.5 Å². The Bertz CT molecular complexity index is 1280. The van der Waals surface area contributed by atoms with E-state index in [0.29, 0.717) is 37.4 Å². The van der Waals surface area contributed by atoms with Crippen molar-refractivity contribution in [2.45, 2.75) is 89.6 Å². The van der Waals surface area contributed by atoms with Gasteiger partial charge in [-0.2, -0.15) is 18.3 Å². The second-order valence-electron chi connectivity index (χ2n) is 12.3. The first kappa shape index (κ1) is 26.5. The number of carbonyl (C=O) groups is 2. The lowest BCUT2D eigenvalue weighted by Crippen LogP contribution is -2.59. The van der Waals surface area contributed by atoms with Crippen molar-refractivity contribution in [3.63, 3.8) is 0 Å². The van der Waals surface area contributed by atoms with Crippen LogP contribution in [0.15, 0.2) is 18.2 Å². The van der Waals surface area contributed by atoms with Crippen molar-refractivity contribution in [2.24, 2.45) is 0 Å². The molecule has 0 spiro atoms. The molecule has 2 amide bonds. The molecule has 38 heavy (non-hydrogen) atoms. The number of aromatic nitrogens is 2. The van der Waals surface area contributed by atoms with Gasteiger partial charge in [-0.15, -0.1) is 0 Å². The highest BCUT2D eigenvalue weighted by molar-refractivity contribution is 5.97. The third-order valence-corrected chi connectivity index (χ3v) is 7.89. The molecule has 5 rings (SSSR count). The molecule has 3 aliphatic rings. The van der Waals surface area contributed by atoms with Crippen LogP contribution < -0.4 is 5.32 Å². The highest BCUT2D eigenvalue weighted by atomic mass is 19.4. The van der Waals surface area contributed by atoms with Gasteiger partial charge in [0.25, 0.3) is 5.91 Å². The Labute approximate surface area is 219 Å². The summed E-state index contributed by atoms with van der Waals surface area (Å²) >= 11 is 0. The molecular formula is C27H34F3N5O3. The highest BCUT2D eigenvalue weighted by Gasteiger charge is 2.44. The number of benzene rings is 1. The Hall–Kier alpha value is -3.08. The van der Waals surface area contributed by atoms with Crippen LogP contribution in [0.5, 0.6) is 0 Å². The van der Waals surface area contributed by atoms with E-state index in [9.17, 15) is 27.9 Å². The van der Waals surface area contributed by atoms with Gasteiger partial charge in [-0.3, -0.25) is 14.4 Å². The normalized spacial score (nSPS) is 18.9. The molecule has 1 aliphatic carbocycles. The third kappa shape index (κ3) is 4.65. The number of anilines is 1. The van der Waals surface area contributed by atoms with Gasteiger partial charge >= 0.3 is 12.3 Å². The van der Waals surface area contributed by atoms with E-state index in [0.717, 1.165) is 41.9 Å². The molecule has 8 nitrogen and oxygen atoms in total. The van der Waals surface area contributed by atoms with Gasteiger partial charge in [0.15, 0.2) is 0 Å². The summed E-state index contributed by atoms with van der Waals surface area (Å²) < 4.78 is 41.7. The summed E-state index contributed by atoms with van der Waals surface area (Å²) in [6.45, 7) is 11.8. The van der Waals surface area contributed by atoms with Gasteiger partial charge in [0.2, 0.25) is 0 Å². The van der Waals surface area contributed by atoms with E-state index in [2.05, 4.69) is 31.0 Å². The third-order valence-electron chi connectivity index (χ3n) is 7.89. The maximum atomic E-state index is 13.7.